The van der Waals surface area contributed by atoms with Crippen LogP contribution in [0.5, 0.6) is 0 Å². The first-order chi connectivity index (χ1) is 12.0. The molecule has 0 bridgehead atoms. The van der Waals surface area contributed by atoms with E-state index in [4.69, 9.17) is 9.47 Å². The summed E-state index contributed by atoms with van der Waals surface area (Å²) >= 11 is 0. The van der Waals surface area contributed by atoms with E-state index in [0.29, 0.717) is 18.8 Å². The number of hydrogen-bond acceptors (Lipinski definition) is 5. The Bertz CT molecular complexity index is 430. The van der Waals surface area contributed by atoms with Gasteiger partial charge in [0.1, 0.15) is 6.04 Å². The van der Waals surface area contributed by atoms with Crippen molar-refractivity contribution in [1.82, 2.24) is 15.1 Å². The lowest BCUT2D eigenvalue weighted by atomic mass is 9.92. The maximum absolute atomic E-state index is 12.7. The molecule has 6 nitrogen and oxygen atoms in total. The second-order valence-corrected chi connectivity index (χ2v) is 8.08. The zero-order chi connectivity index (χ0) is 17.8. The molecule has 3 rings (SSSR count). The van der Waals surface area contributed by atoms with Crippen LogP contribution in [0.25, 0.3) is 0 Å². The third kappa shape index (κ3) is 5.16. The molecule has 3 aliphatic heterocycles. The highest BCUT2D eigenvalue weighted by atomic mass is 16.5. The van der Waals surface area contributed by atoms with Crippen molar-refractivity contribution in [2.24, 2.45) is 5.92 Å². The Morgan fingerprint density at radius 1 is 1.12 bits per heavy atom. The van der Waals surface area contributed by atoms with E-state index in [2.05, 4.69) is 24.1 Å². The fourth-order valence-corrected chi connectivity index (χ4v) is 4.48. The zero-order valence-electron chi connectivity index (χ0n) is 16.1. The molecule has 0 saturated carbocycles. The summed E-state index contributed by atoms with van der Waals surface area (Å²) in [4.78, 5) is 17.3. The molecule has 3 aliphatic rings. The zero-order valence-corrected chi connectivity index (χ0v) is 16.1. The van der Waals surface area contributed by atoms with Crippen LogP contribution < -0.4 is 5.32 Å². The number of carbonyl (C=O) groups excluding carboxylic acids is 1. The highest BCUT2D eigenvalue weighted by molar-refractivity contribution is 5.82. The van der Waals surface area contributed by atoms with Crippen molar-refractivity contribution in [1.29, 1.82) is 0 Å². The molecule has 0 aromatic rings. The molecule has 0 radical (unpaired) electrons. The first kappa shape index (κ1) is 19.1. The van der Waals surface area contributed by atoms with Gasteiger partial charge in [-0.05, 0) is 52.5 Å². The summed E-state index contributed by atoms with van der Waals surface area (Å²) in [5.74, 6) is 0.965. The summed E-state index contributed by atoms with van der Waals surface area (Å²) in [7, 11) is 0. The van der Waals surface area contributed by atoms with Crippen molar-refractivity contribution < 1.29 is 14.3 Å². The highest BCUT2D eigenvalue weighted by Gasteiger charge is 2.33. The Labute approximate surface area is 152 Å². The molecule has 0 aliphatic carbocycles. The fraction of sp³-hybridized carbons (Fsp3) is 0.947. The maximum Gasteiger partial charge on any atom is 0.242 e. The van der Waals surface area contributed by atoms with Gasteiger partial charge in [0.15, 0.2) is 0 Å². The van der Waals surface area contributed by atoms with Gasteiger partial charge in [-0.3, -0.25) is 9.69 Å². The smallest absolute Gasteiger partial charge is 0.242 e. The number of piperidine rings is 1. The van der Waals surface area contributed by atoms with Gasteiger partial charge in [-0.1, -0.05) is 0 Å². The fourth-order valence-electron chi connectivity index (χ4n) is 4.48. The lowest BCUT2D eigenvalue weighted by Gasteiger charge is -2.39. The topological polar surface area (TPSA) is 54.0 Å². The minimum Gasteiger partial charge on any atom is -0.375 e. The molecule has 3 fully saturated rings. The third-order valence-electron chi connectivity index (χ3n) is 5.86. The van der Waals surface area contributed by atoms with Gasteiger partial charge in [-0.25, -0.2) is 0 Å². The summed E-state index contributed by atoms with van der Waals surface area (Å²) in [5.41, 5.74) is 0. The Kier molecular flexibility index (Phi) is 6.72. The molecule has 4 atom stereocenters. The van der Waals surface area contributed by atoms with Crippen LogP contribution >= 0.6 is 0 Å². The molecule has 3 saturated heterocycles. The van der Waals surface area contributed by atoms with E-state index in [1.807, 2.05) is 11.8 Å². The lowest BCUT2D eigenvalue weighted by Crippen LogP contribution is -2.57. The van der Waals surface area contributed by atoms with E-state index in [9.17, 15) is 4.79 Å². The molecule has 3 heterocycles. The van der Waals surface area contributed by atoms with Crippen molar-refractivity contribution in [3.63, 3.8) is 0 Å². The molecule has 6 heteroatoms. The van der Waals surface area contributed by atoms with Crippen molar-refractivity contribution >= 4 is 5.91 Å². The van der Waals surface area contributed by atoms with Crippen LogP contribution in [-0.2, 0) is 14.3 Å². The number of hydrogen-bond donors (Lipinski definition) is 1. The van der Waals surface area contributed by atoms with Crippen molar-refractivity contribution in [3.8, 4) is 0 Å². The first-order valence-corrected chi connectivity index (χ1v) is 10.0. The predicted octanol–water partition coefficient (Wildman–Crippen LogP) is 1.10. The largest absolute Gasteiger partial charge is 0.375 e. The number of carbonyl (C=O) groups is 1. The van der Waals surface area contributed by atoms with Gasteiger partial charge in [0, 0.05) is 32.7 Å². The van der Waals surface area contributed by atoms with Crippen LogP contribution in [-0.4, -0.2) is 85.9 Å². The van der Waals surface area contributed by atoms with Gasteiger partial charge >= 0.3 is 0 Å². The van der Waals surface area contributed by atoms with Crippen molar-refractivity contribution in [2.75, 3.05) is 45.9 Å². The van der Waals surface area contributed by atoms with E-state index in [0.717, 1.165) is 58.0 Å². The van der Waals surface area contributed by atoms with E-state index >= 15 is 0 Å². The van der Waals surface area contributed by atoms with Gasteiger partial charge in [-0.15, -0.1) is 0 Å². The average molecular weight is 354 g/mol. The van der Waals surface area contributed by atoms with Crippen molar-refractivity contribution in [3.05, 3.63) is 0 Å². The van der Waals surface area contributed by atoms with Crippen LogP contribution in [0.2, 0.25) is 0 Å². The second kappa shape index (κ2) is 8.80. The number of ether oxygens (including phenoxy) is 2. The lowest BCUT2D eigenvalue weighted by molar-refractivity contribution is -0.141. The molecule has 0 spiro atoms. The quantitative estimate of drug-likeness (QED) is 0.820. The number of likely N-dealkylation sites (tertiary alicyclic amines) is 1. The Hall–Kier alpha value is -0.690. The van der Waals surface area contributed by atoms with E-state index < -0.39 is 0 Å². The SMILES string of the molecule is CC1CN(CCC2CCN(C(=O)[C@H]3NCCO[C@@H]3C)CC2)CC(C)O1. The minimum atomic E-state index is -0.165. The molecule has 1 N–H and O–H groups in total. The second-order valence-electron chi connectivity index (χ2n) is 8.08. The van der Waals surface area contributed by atoms with E-state index in [-0.39, 0.29) is 18.1 Å². The molecular weight excluding hydrogens is 318 g/mol. The molecule has 144 valence electrons. The molecule has 2 unspecified atom stereocenters. The third-order valence-corrected chi connectivity index (χ3v) is 5.86. The summed E-state index contributed by atoms with van der Waals surface area (Å²) in [6.07, 6.45) is 4.16. The first-order valence-electron chi connectivity index (χ1n) is 10.0. The van der Waals surface area contributed by atoms with Crippen molar-refractivity contribution in [2.45, 2.75) is 64.4 Å². The van der Waals surface area contributed by atoms with Crippen LogP contribution in [0.1, 0.15) is 40.0 Å². The summed E-state index contributed by atoms with van der Waals surface area (Å²) < 4.78 is 11.4. The molecular formula is C19H35N3O3. The number of nitrogens with one attached hydrogen (secondary N) is 1. The number of nitrogens with zero attached hydrogens (tertiary/aromatic N) is 2. The summed E-state index contributed by atoms with van der Waals surface area (Å²) in [5, 5.41) is 3.32. The summed E-state index contributed by atoms with van der Waals surface area (Å²) in [6, 6.07) is -0.165. The standard InChI is InChI=1S/C19H35N3O3/c1-14-12-21(13-15(2)25-14)8-4-17-5-9-22(10-6-17)19(23)18-16(3)24-11-7-20-18/h14-18,20H,4-13H2,1-3H3/t14?,15?,16-,18+/m1/s1. The Morgan fingerprint density at radius 2 is 1.80 bits per heavy atom. The van der Waals surface area contributed by atoms with Gasteiger partial charge in [0.25, 0.3) is 0 Å². The van der Waals surface area contributed by atoms with Gasteiger partial charge < -0.3 is 19.7 Å². The van der Waals surface area contributed by atoms with Crippen LogP contribution in [0.4, 0.5) is 0 Å². The Balaban J connectivity index is 1.39. The molecule has 0 aromatic carbocycles. The Morgan fingerprint density at radius 3 is 2.44 bits per heavy atom. The minimum absolute atomic E-state index is 0.0238. The van der Waals surface area contributed by atoms with E-state index in [1.54, 1.807) is 0 Å². The molecule has 0 aromatic heterocycles. The van der Waals surface area contributed by atoms with Gasteiger partial charge in [0.2, 0.25) is 5.91 Å². The van der Waals surface area contributed by atoms with Gasteiger partial charge in [0.05, 0.1) is 24.9 Å². The normalized spacial score (nSPS) is 35.7. The average Bonchev–Trinajstić information content (AvgIpc) is 2.59. The highest BCUT2D eigenvalue weighted by Crippen LogP contribution is 2.23. The predicted molar refractivity (Wildman–Crippen MR) is 97.6 cm³/mol. The number of morpholine rings is 2. The number of amides is 1. The summed E-state index contributed by atoms with van der Waals surface area (Å²) in [6.45, 7) is 12.8. The monoisotopic (exact) mass is 353 g/mol. The van der Waals surface area contributed by atoms with Crippen LogP contribution in [0.15, 0.2) is 0 Å². The van der Waals surface area contributed by atoms with E-state index in [1.165, 1.54) is 6.42 Å². The molecule has 25 heavy (non-hydrogen) atoms. The maximum atomic E-state index is 12.7. The van der Waals surface area contributed by atoms with Crippen LogP contribution in [0, 0.1) is 5.92 Å². The molecule has 1 amide bonds. The van der Waals surface area contributed by atoms with Crippen LogP contribution in [0.3, 0.4) is 0 Å². The number of rotatable bonds is 4. The van der Waals surface area contributed by atoms with Gasteiger partial charge in [-0.2, -0.15) is 0 Å².